The summed E-state index contributed by atoms with van der Waals surface area (Å²) >= 11 is 0. The first-order valence-corrected chi connectivity index (χ1v) is 8.31. The molecule has 2 aromatic rings. The Bertz CT molecular complexity index is 780. The van der Waals surface area contributed by atoms with E-state index in [-0.39, 0.29) is 17.0 Å². The minimum atomic E-state index is -3.35. The molecule has 2 aromatic heterocycles. The molecule has 3 rings (SSSR count). The Morgan fingerprint density at radius 3 is 2.86 bits per heavy atom. The van der Waals surface area contributed by atoms with Crippen molar-refractivity contribution in [2.45, 2.75) is 24.0 Å². The number of hydrogen-bond acceptors (Lipinski definition) is 5. The fraction of sp³-hybridized carbons (Fsp3) is 0.308. The third kappa shape index (κ3) is 2.66. The molecule has 0 spiro atoms. The zero-order chi connectivity index (χ0) is 15.0. The monoisotopic (exact) mass is 306 g/mol. The number of sulfone groups is 1. The van der Waals surface area contributed by atoms with Crippen molar-refractivity contribution in [2.75, 3.05) is 6.26 Å². The van der Waals surface area contributed by atoms with Crippen molar-refractivity contribution in [3.05, 3.63) is 42.1 Å². The van der Waals surface area contributed by atoms with Gasteiger partial charge in [0.25, 0.3) is 5.91 Å². The standard InChI is InChI=1S/C13H14N4O3S/c1-21(19,20)12-3-2-9(6-15-12)13(18)16-10-4-5-17-8-14-7-11(10)17/h2-3,6-8,10H,4-5H2,1H3,(H,16,18). The van der Waals surface area contributed by atoms with Crippen molar-refractivity contribution in [1.29, 1.82) is 0 Å². The summed E-state index contributed by atoms with van der Waals surface area (Å²) in [5.41, 5.74) is 1.31. The van der Waals surface area contributed by atoms with Gasteiger partial charge in [-0.05, 0) is 18.6 Å². The lowest BCUT2D eigenvalue weighted by atomic mass is 10.2. The molecule has 1 atom stereocenters. The molecule has 3 heterocycles. The molecule has 1 unspecified atom stereocenters. The maximum Gasteiger partial charge on any atom is 0.253 e. The van der Waals surface area contributed by atoms with Crippen LogP contribution in [0.2, 0.25) is 0 Å². The Labute approximate surface area is 122 Å². The van der Waals surface area contributed by atoms with Gasteiger partial charge in [0.1, 0.15) is 0 Å². The first-order chi connectivity index (χ1) is 9.95. The van der Waals surface area contributed by atoms with E-state index in [2.05, 4.69) is 15.3 Å². The number of carbonyl (C=O) groups is 1. The van der Waals surface area contributed by atoms with E-state index in [1.54, 1.807) is 12.5 Å². The number of rotatable bonds is 3. The Morgan fingerprint density at radius 1 is 1.38 bits per heavy atom. The molecule has 110 valence electrons. The van der Waals surface area contributed by atoms with E-state index in [1.165, 1.54) is 18.3 Å². The topological polar surface area (TPSA) is 94.0 Å². The number of hydrogen-bond donors (Lipinski definition) is 1. The Morgan fingerprint density at radius 2 is 2.19 bits per heavy atom. The SMILES string of the molecule is CS(=O)(=O)c1ccc(C(=O)NC2CCn3cncc32)cn1. The van der Waals surface area contributed by atoms with Crippen LogP contribution in [0.1, 0.15) is 28.5 Å². The van der Waals surface area contributed by atoms with E-state index in [1.807, 2.05) is 4.57 Å². The molecule has 0 saturated heterocycles. The molecule has 7 nitrogen and oxygen atoms in total. The minimum Gasteiger partial charge on any atom is -0.344 e. The second-order valence-corrected chi connectivity index (χ2v) is 6.95. The summed E-state index contributed by atoms with van der Waals surface area (Å²) in [5.74, 6) is -0.276. The highest BCUT2D eigenvalue weighted by atomic mass is 32.2. The summed E-state index contributed by atoms with van der Waals surface area (Å²) in [5, 5.41) is 2.86. The van der Waals surface area contributed by atoms with E-state index >= 15 is 0 Å². The van der Waals surface area contributed by atoms with Crippen LogP contribution in [0.25, 0.3) is 0 Å². The van der Waals surface area contributed by atoms with Crippen LogP contribution in [-0.4, -0.2) is 35.1 Å². The summed E-state index contributed by atoms with van der Waals surface area (Å²) in [7, 11) is -3.35. The van der Waals surface area contributed by atoms with E-state index < -0.39 is 9.84 Å². The van der Waals surface area contributed by atoms with Crippen molar-refractivity contribution in [1.82, 2.24) is 19.9 Å². The second-order valence-electron chi connectivity index (χ2n) is 4.98. The highest BCUT2D eigenvalue weighted by molar-refractivity contribution is 7.90. The van der Waals surface area contributed by atoms with Crippen LogP contribution in [0.4, 0.5) is 0 Å². The van der Waals surface area contributed by atoms with Crippen molar-refractivity contribution in [3.63, 3.8) is 0 Å². The minimum absolute atomic E-state index is 0.0435. The summed E-state index contributed by atoms with van der Waals surface area (Å²) in [6.45, 7) is 0.825. The first-order valence-electron chi connectivity index (χ1n) is 6.42. The summed E-state index contributed by atoms with van der Waals surface area (Å²) in [6, 6.07) is 2.73. The predicted molar refractivity (Wildman–Crippen MR) is 74.4 cm³/mol. The number of fused-ring (bicyclic) bond motifs is 1. The Kier molecular flexibility index (Phi) is 3.25. The quantitative estimate of drug-likeness (QED) is 0.894. The van der Waals surface area contributed by atoms with Crippen molar-refractivity contribution < 1.29 is 13.2 Å². The molecule has 0 radical (unpaired) electrons. The summed E-state index contributed by atoms with van der Waals surface area (Å²) in [4.78, 5) is 20.0. The highest BCUT2D eigenvalue weighted by Gasteiger charge is 2.24. The molecule has 1 amide bonds. The number of nitrogens with one attached hydrogen (secondary N) is 1. The lowest BCUT2D eigenvalue weighted by molar-refractivity contribution is 0.0936. The number of imidazole rings is 1. The molecule has 0 saturated carbocycles. The van der Waals surface area contributed by atoms with Crippen molar-refractivity contribution >= 4 is 15.7 Å². The zero-order valence-corrected chi connectivity index (χ0v) is 12.2. The van der Waals surface area contributed by atoms with Gasteiger partial charge in [-0.3, -0.25) is 4.79 Å². The molecule has 0 bridgehead atoms. The van der Waals surface area contributed by atoms with Crippen molar-refractivity contribution in [3.8, 4) is 0 Å². The van der Waals surface area contributed by atoms with Gasteiger partial charge in [-0.1, -0.05) is 0 Å². The number of aryl methyl sites for hydroxylation is 1. The van der Waals surface area contributed by atoms with Crippen LogP contribution in [0.3, 0.4) is 0 Å². The average Bonchev–Trinajstić information content (AvgIpc) is 3.03. The van der Waals surface area contributed by atoms with Crippen LogP contribution < -0.4 is 5.32 Å². The lowest BCUT2D eigenvalue weighted by Crippen LogP contribution is -2.27. The van der Waals surface area contributed by atoms with Crippen LogP contribution in [0.15, 0.2) is 35.9 Å². The molecule has 0 fully saturated rings. The van der Waals surface area contributed by atoms with Crippen LogP contribution >= 0.6 is 0 Å². The fourth-order valence-electron chi connectivity index (χ4n) is 2.35. The zero-order valence-electron chi connectivity index (χ0n) is 11.4. The van der Waals surface area contributed by atoms with E-state index in [9.17, 15) is 13.2 Å². The van der Waals surface area contributed by atoms with Gasteiger partial charge in [0.15, 0.2) is 14.9 Å². The molecular weight excluding hydrogens is 292 g/mol. The average molecular weight is 306 g/mol. The molecule has 0 aromatic carbocycles. The number of amides is 1. The van der Waals surface area contributed by atoms with E-state index in [4.69, 9.17) is 0 Å². The van der Waals surface area contributed by atoms with Gasteiger partial charge in [-0.15, -0.1) is 0 Å². The molecule has 1 aliphatic rings. The van der Waals surface area contributed by atoms with Crippen LogP contribution in [-0.2, 0) is 16.4 Å². The summed E-state index contributed by atoms with van der Waals surface area (Å²) < 4.78 is 24.7. The number of carbonyl (C=O) groups excluding carboxylic acids is 1. The van der Waals surface area contributed by atoms with Gasteiger partial charge in [0.2, 0.25) is 0 Å². The van der Waals surface area contributed by atoms with Crippen LogP contribution in [0, 0.1) is 0 Å². The van der Waals surface area contributed by atoms with Gasteiger partial charge in [0.05, 0.1) is 29.8 Å². The fourth-order valence-corrected chi connectivity index (χ4v) is 2.91. The highest BCUT2D eigenvalue weighted by Crippen LogP contribution is 2.24. The molecule has 8 heteroatoms. The predicted octanol–water partition coefficient (Wildman–Crippen LogP) is 0.556. The second kappa shape index (κ2) is 4.96. The Balaban J connectivity index is 1.75. The molecule has 21 heavy (non-hydrogen) atoms. The molecule has 1 N–H and O–H groups in total. The normalized spacial score (nSPS) is 17.5. The third-order valence-corrected chi connectivity index (χ3v) is 4.45. The van der Waals surface area contributed by atoms with Gasteiger partial charge in [-0.25, -0.2) is 18.4 Å². The van der Waals surface area contributed by atoms with E-state index in [0.29, 0.717) is 5.56 Å². The third-order valence-electron chi connectivity index (χ3n) is 3.44. The van der Waals surface area contributed by atoms with Gasteiger partial charge in [-0.2, -0.15) is 0 Å². The molecule has 0 aliphatic carbocycles. The largest absolute Gasteiger partial charge is 0.344 e. The smallest absolute Gasteiger partial charge is 0.253 e. The maximum atomic E-state index is 12.2. The number of pyridine rings is 1. The lowest BCUT2D eigenvalue weighted by Gasteiger charge is -2.11. The number of nitrogens with zero attached hydrogens (tertiary/aromatic N) is 3. The number of aromatic nitrogens is 3. The summed E-state index contributed by atoms with van der Waals surface area (Å²) in [6.07, 6.45) is 6.65. The van der Waals surface area contributed by atoms with Crippen molar-refractivity contribution in [2.24, 2.45) is 0 Å². The van der Waals surface area contributed by atoms with Crippen LogP contribution in [0.5, 0.6) is 0 Å². The first kappa shape index (κ1) is 13.7. The molecule has 1 aliphatic heterocycles. The van der Waals surface area contributed by atoms with E-state index in [0.717, 1.165) is 24.9 Å². The Hall–Kier alpha value is -2.22. The maximum absolute atomic E-state index is 12.2. The van der Waals surface area contributed by atoms with Gasteiger partial charge in [0, 0.05) is 19.0 Å². The molecular formula is C13H14N4O3S. The van der Waals surface area contributed by atoms with Gasteiger partial charge < -0.3 is 9.88 Å². The van der Waals surface area contributed by atoms with Gasteiger partial charge >= 0.3 is 0 Å².